The molecule has 0 aliphatic heterocycles. The number of nitrogens with one attached hydrogen (secondary N) is 2. The van der Waals surface area contributed by atoms with Gasteiger partial charge in [-0.2, -0.15) is 10.2 Å². The first-order chi connectivity index (χ1) is 18.7. The summed E-state index contributed by atoms with van der Waals surface area (Å²) in [6.07, 6.45) is 3.53. The summed E-state index contributed by atoms with van der Waals surface area (Å²) in [7, 11) is 2.83. The molecule has 6 nitrogen and oxygen atoms in total. The topological polar surface area (TPSA) is 73.5 Å². The maximum atomic E-state index is 4.83. The summed E-state index contributed by atoms with van der Waals surface area (Å²) in [5.74, 6) is 0. The summed E-state index contributed by atoms with van der Waals surface area (Å²) in [4.78, 5) is 9.65. The van der Waals surface area contributed by atoms with Gasteiger partial charge in [-0.1, -0.05) is 97.1 Å². The number of nitrogens with zero attached hydrogens (tertiary/aromatic N) is 4. The SMILES string of the molecule is Cc1ccccc1N=C(N/N=C/c1ccccc1)SSC(=Nc1ccccc1C)N/N=C/c1ccccc1. The molecule has 0 unspecified atom stereocenters. The van der Waals surface area contributed by atoms with Crippen molar-refractivity contribution in [3.8, 4) is 0 Å². The second kappa shape index (κ2) is 14.6. The smallest absolute Gasteiger partial charge is 0.193 e. The Bertz CT molecular complexity index is 1320. The maximum Gasteiger partial charge on any atom is 0.193 e. The number of hydrogen-bond acceptors (Lipinski definition) is 6. The monoisotopic (exact) mass is 536 g/mol. The molecule has 0 heterocycles. The van der Waals surface area contributed by atoms with Crippen LogP contribution in [-0.4, -0.2) is 22.8 Å². The lowest BCUT2D eigenvalue weighted by Crippen LogP contribution is -2.16. The van der Waals surface area contributed by atoms with Crippen molar-refractivity contribution < 1.29 is 0 Å². The summed E-state index contributed by atoms with van der Waals surface area (Å²) in [5.41, 5.74) is 12.1. The van der Waals surface area contributed by atoms with Crippen LogP contribution >= 0.6 is 21.6 Å². The third kappa shape index (κ3) is 8.76. The molecule has 0 fully saturated rings. The van der Waals surface area contributed by atoms with E-state index in [4.69, 9.17) is 9.98 Å². The first-order valence-corrected chi connectivity index (χ1v) is 14.1. The van der Waals surface area contributed by atoms with Crippen LogP contribution in [-0.2, 0) is 0 Å². The molecule has 4 aromatic carbocycles. The molecule has 190 valence electrons. The zero-order valence-corrected chi connectivity index (χ0v) is 22.8. The zero-order valence-electron chi connectivity index (χ0n) is 21.2. The Balaban J connectivity index is 1.55. The Morgan fingerprint density at radius 3 is 1.29 bits per heavy atom. The van der Waals surface area contributed by atoms with Gasteiger partial charge in [0.05, 0.1) is 23.8 Å². The molecular formula is C30H28N6S2. The first-order valence-electron chi connectivity index (χ1n) is 12.0. The van der Waals surface area contributed by atoms with Gasteiger partial charge in [0.1, 0.15) is 0 Å². The van der Waals surface area contributed by atoms with Gasteiger partial charge in [-0.25, -0.2) is 9.98 Å². The van der Waals surface area contributed by atoms with Gasteiger partial charge in [-0.05, 0) is 69.8 Å². The van der Waals surface area contributed by atoms with Crippen molar-refractivity contribution in [2.24, 2.45) is 20.2 Å². The molecule has 4 aromatic rings. The van der Waals surface area contributed by atoms with Gasteiger partial charge in [0.15, 0.2) is 10.3 Å². The van der Waals surface area contributed by atoms with Gasteiger partial charge in [0.25, 0.3) is 0 Å². The van der Waals surface area contributed by atoms with E-state index in [9.17, 15) is 0 Å². The van der Waals surface area contributed by atoms with Crippen molar-refractivity contribution in [2.75, 3.05) is 0 Å². The predicted octanol–water partition coefficient (Wildman–Crippen LogP) is 7.61. The molecule has 0 radical (unpaired) electrons. The van der Waals surface area contributed by atoms with Crippen molar-refractivity contribution >= 4 is 55.7 Å². The largest absolute Gasteiger partial charge is 0.255 e. The Morgan fingerprint density at radius 1 is 0.526 bits per heavy atom. The van der Waals surface area contributed by atoms with E-state index in [-0.39, 0.29) is 0 Å². The van der Waals surface area contributed by atoms with E-state index in [1.807, 2.05) is 123 Å². The molecule has 0 aliphatic rings. The van der Waals surface area contributed by atoms with E-state index >= 15 is 0 Å². The highest BCUT2D eigenvalue weighted by Crippen LogP contribution is 2.29. The fourth-order valence-corrected chi connectivity index (χ4v) is 4.73. The molecule has 0 saturated carbocycles. The standard InChI is InChI=1S/C30H28N6S2/c1-23-13-9-11-19-27(23)33-29(35-31-21-25-15-5-3-6-16-25)37-38-30(34-28-20-12-10-14-24(28)2)36-32-22-26-17-7-4-8-18-26/h3-22H,1-2H3,(H,33,35)(H,34,36)/b31-21+,32-22+. The van der Waals surface area contributed by atoms with Crippen LogP contribution in [0, 0.1) is 13.8 Å². The van der Waals surface area contributed by atoms with Crippen LogP contribution in [0.4, 0.5) is 11.4 Å². The summed E-state index contributed by atoms with van der Waals surface area (Å²) in [6.45, 7) is 4.07. The molecule has 2 N–H and O–H groups in total. The fourth-order valence-electron chi connectivity index (χ4n) is 3.20. The Hall–Kier alpha value is -4.14. The Labute approximate surface area is 231 Å². The predicted molar refractivity (Wildman–Crippen MR) is 166 cm³/mol. The fraction of sp³-hybridized carbons (Fsp3) is 0.0667. The van der Waals surface area contributed by atoms with Crippen molar-refractivity contribution in [1.29, 1.82) is 0 Å². The van der Waals surface area contributed by atoms with Crippen molar-refractivity contribution in [3.63, 3.8) is 0 Å². The van der Waals surface area contributed by atoms with Gasteiger partial charge in [0, 0.05) is 0 Å². The molecule has 0 bridgehead atoms. The van der Waals surface area contributed by atoms with Gasteiger partial charge >= 0.3 is 0 Å². The van der Waals surface area contributed by atoms with Crippen LogP contribution in [0.3, 0.4) is 0 Å². The number of hydrazone groups is 2. The maximum absolute atomic E-state index is 4.83. The van der Waals surface area contributed by atoms with Crippen LogP contribution in [0.25, 0.3) is 0 Å². The highest BCUT2D eigenvalue weighted by molar-refractivity contribution is 8.87. The summed E-state index contributed by atoms with van der Waals surface area (Å²) in [6, 6.07) is 35.8. The van der Waals surface area contributed by atoms with Gasteiger partial charge < -0.3 is 0 Å². The minimum atomic E-state index is 0.614. The van der Waals surface area contributed by atoms with Crippen LogP contribution in [0.2, 0.25) is 0 Å². The number of amidine groups is 2. The van der Waals surface area contributed by atoms with Crippen LogP contribution < -0.4 is 10.9 Å². The average Bonchev–Trinajstić information content (AvgIpc) is 2.95. The Morgan fingerprint density at radius 2 is 0.895 bits per heavy atom. The molecule has 38 heavy (non-hydrogen) atoms. The normalized spacial score (nSPS) is 12.3. The van der Waals surface area contributed by atoms with E-state index in [1.54, 1.807) is 12.4 Å². The molecule has 0 amide bonds. The summed E-state index contributed by atoms with van der Waals surface area (Å²) < 4.78 is 0. The van der Waals surface area contributed by atoms with Crippen molar-refractivity contribution in [3.05, 3.63) is 131 Å². The van der Waals surface area contributed by atoms with E-state index in [0.29, 0.717) is 10.3 Å². The average molecular weight is 537 g/mol. The molecule has 4 rings (SSSR count). The van der Waals surface area contributed by atoms with Crippen LogP contribution in [0.5, 0.6) is 0 Å². The van der Waals surface area contributed by atoms with Crippen molar-refractivity contribution in [2.45, 2.75) is 13.8 Å². The minimum Gasteiger partial charge on any atom is -0.255 e. The lowest BCUT2D eigenvalue weighted by Gasteiger charge is -2.09. The number of rotatable bonds is 6. The second-order valence-electron chi connectivity index (χ2n) is 8.13. The number of benzene rings is 4. The van der Waals surface area contributed by atoms with Gasteiger partial charge in [-0.15, -0.1) is 0 Å². The summed E-state index contributed by atoms with van der Waals surface area (Å²) >= 11 is 0. The number of hydrogen-bond donors (Lipinski definition) is 2. The Kier molecular flexibility index (Phi) is 10.3. The first kappa shape index (κ1) is 26.9. The third-order valence-electron chi connectivity index (χ3n) is 5.22. The van der Waals surface area contributed by atoms with E-state index in [2.05, 4.69) is 21.1 Å². The number of aliphatic imine (C=N–C) groups is 2. The lowest BCUT2D eigenvalue weighted by molar-refractivity contribution is 1.05. The van der Waals surface area contributed by atoms with Crippen molar-refractivity contribution in [1.82, 2.24) is 10.9 Å². The van der Waals surface area contributed by atoms with Crippen LogP contribution in [0.15, 0.2) is 129 Å². The lowest BCUT2D eigenvalue weighted by atomic mass is 10.2. The molecule has 0 aliphatic carbocycles. The molecule has 8 heteroatoms. The highest BCUT2D eigenvalue weighted by atomic mass is 33.1. The molecule has 0 spiro atoms. The number of para-hydroxylation sites is 2. The van der Waals surface area contributed by atoms with Crippen LogP contribution in [0.1, 0.15) is 22.3 Å². The summed E-state index contributed by atoms with van der Waals surface area (Å²) in [5, 5.41) is 10.1. The molecule has 0 saturated heterocycles. The van der Waals surface area contributed by atoms with Gasteiger partial charge in [0.2, 0.25) is 0 Å². The van der Waals surface area contributed by atoms with E-state index < -0.39 is 0 Å². The van der Waals surface area contributed by atoms with Gasteiger partial charge in [-0.3, -0.25) is 10.9 Å². The minimum absolute atomic E-state index is 0.614. The number of aryl methyl sites for hydroxylation is 2. The molecule has 0 atom stereocenters. The molecule has 0 aromatic heterocycles. The highest BCUT2D eigenvalue weighted by Gasteiger charge is 2.08. The van der Waals surface area contributed by atoms with E-state index in [1.165, 1.54) is 21.6 Å². The zero-order chi connectivity index (χ0) is 26.4. The third-order valence-corrected chi connectivity index (χ3v) is 7.18. The second-order valence-corrected chi connectivity index (χ2v) is 10.2. The van der Waals surface area contributed by atoms with E-state index in [0.717, 1.165) is 33.6 Å². The quantitative estimate of drug-likeness (QED) is 0.115. The molecular weight excluding hydrogens is 509 g/mol.